The second-order valence-corrected chi connectivity index (χ2v) is 6.70. The van der Waals surface area contributed by atoms with Crippen LogP contribution in [-0.2, 0) is 10.2 Å². The van der Waals surface area contributed by atoms with Crippen LogP contribution in [0, 0.1) is 0 Å². The van der Waals surface area contributed by atoms with E-state index < -0.39 is 5.97 Å². The van der Waals surface area contributed by atoms with Gasteiger partial charge >= 0.3 is 5.97 Å². The highest BCUT2D eigenvalue weighted by Gasteiger charge is 2.48. The number of fused-ring (bicyclic) bond motifs is 1. The molecule has 0 aromatic carbocycles. The van der Waals surface area contributed by atoms with E-state index in [2.05, 4.69) is 22.9 Å². The molecule has 82 valence electrons. The van der Waals surface area contributed by atoms with E-state index in [4.69, 9.17) is 0 Å². The van der Waals surface area contributed by atoms with Crippen LogP contribution in [0.15, 0.2) is 14.7 Å². The van der Waals surface area contributed by atoms with Crippen LogP contribution in [0.1, 0.15) is 25.1 Å². The molecule has 1 aliphatic heterocycles. The van der Waals surface area contributed by atoms with Gasteiger partial charge in [0.2, 0.25) is 0 Å². The lowest BCUT2D eigenvalue weighted by Crippen LogP contribution is -2.35. The lowest BCUT2D eigenvalue weighted by molar-refractivity contribution is -0.137. The molecule has 2 nitrogen and oxygen atoms in total. The summed E-state index contributed by atoms with van der Waals surface area (Å²) < 4.78 is 1.04. The van der Waals surface area contributed by atoms with Gasteiger partial charge in [-0.05, 0) is 22.4 Å². The summed E-state index contributed by atoms with van der Waals surface area (Å²) in [6, 6.07) is 0. The Morgan fingerprint density at radius 3 is 2.93 bits per heavy atom. The van der Waals surface area contributed by atoms with Crippen LogP contribution in [0.3, 0.4) is 0 Å². The minimum absolute atomic E-state index is 0.220. The van der Waals surface area contributed by atoms with Crippen LogP contribution in [0.4, 0.5) is 0 Å². The van der Waals surface area contributed by atoms with Gasteiger partial charge in [-0.15, -0.1) is 23.1 Å². The number of aliphatic carboxylic acids is 1. The van der Waals surface area contributed by atoms with Gasteiger partial charge in [0.15, 0.2) is 0 Å². The Morgan fingerprint density at radius 1 is 1.73 bits per heavy atom. The maximum atomic E-state index is 11.2. The molecule has 0 fully saturated rings. The van der Waals surface area contributed by atoms with E-state index >= 15 is 0 Å². The predicted octanol–water partition coefficient (Wildman–Crippen LogP) is 3.74. The topological polar surface area (TPSA) is 37.3 Å². The number of thiophene rings is 1. The van der Waals surface area contributed by atoms with Crippen LogP contribution in [-0.4, -0.2) is 16.3 Å². The number of hydrogen-bond acceptors (Lipinski definition) is 3. The van der Waals surface area contributed by atoms with Crippen LogP contribution in [0.5, 0.6) is 0 Å². The standard InChI is InChI=1S/C10H11BrO2S2/c1-3-10(2)7-6(5(11)4-14-7)15-8(10)9(12)13/h4,8H,3H2,1-2H3,(H,12,13). The summed E-state index contributed by atoms with van der Waals surface area (Å²) in [7, 11) is 0. The minimum atomic E-state index is -0.709. The highest BCUT2D eigenvalue weighted by atomic mass is 79.9. The molecule has 0 aliphatic carbocycles. The first-order chi connectivity index (χ1) is 7.00. The maximum Gasteiger partial charge on any atom is 0.317 e. The molecule has 2 heterocycles. The summed E-state index contributed by atoms with van der Waals surface area (Å²) >= 11 is 6.60. The monoisotopic (exact) mass is 306 g/mol. The van der Waals surface area contributed by atoms with Gasteiger partial charge < -0.3 is 5.11 Å². The fourth-order valence-electron chi connectivity index (χ4n) is 1.87. The molecule has 1 aromatic rings. The molecule has 1 aliphatic rings. The van der Waals surface area contributed by atoms with E-state index in [0.717, 1.165) is 15.8 Å². The molecule has 0 saturated carbocycles. The first-order valence-electron chi connectivity index (χ1n) is 4.67. The summed E-state index contributed by atoms with van der Waals surface area (Å²) in [6.45, 7) is 4.10. The minimum Gasteiger partial charge on any atom is -0.480 e. The van der Waals surface area contributed by atoms with Crippen molar-refractivity contribution in [2.45, 2.75) is 35.8 Å². The van der Waals surface area contributed by atoms with E-state index in [1.807, 2.05) is 12.3 Å². The Hall–Kier alpha value is -0.000000000000000111. The quantitative estimate of drug-likeness (QED) is 0.904. The zero-order valence-corrected chi connectivity index (χ0v) is 11.6. The molecular weight excluding hydrogens is 296 g/mol. The molecule has 1 N–H and O–H groups in total. The second kappa shape index (κ2) is 3.79. The van der Waals surface area contributed by atoms with Crippen molar-refractivity contribution in [3.8, 4) is 0 Å². The third-order valence-electron chi connectivity index (χ3n) is 3.00. The fraction of sp³-hybridized carbons (Fsp3) is 0.500. The second-order valence-electron chi connectivity index (χ2n) is 3.85. The van der Waals surface area contributed by atoms with Crippen LogP contribution in [0.25, 0.3) is 0 Å². The molecule has 1 aromatic heterocycles. The number of hydrogen-bond donors (Lipinski definition) is 1. The summed E-state index contributed by atoms with van der Waals surface area (Å²) in [6.07, 6.45) is 0.858. The molecule has 0 amide bonds. The lowest BCUT2D eigenvalue weighted by atomic mass is 9.82. The van der Waals surface area contributed by atoms with E-state index in [1.165, 1.54) is 16.6 Å². The molecule has 5 heteroatoms. The predicted molar refractivity (Wildman–Crippen MR) is 66.9 cm³/mol. The molecule has 2 rings (SSSR count). The van der Waals surface area contributed by atoms with Crippen molar-refractivity contribution in [1.82, 2.24) is 0 Å². The van der Waals surface area contributed by atoms with Crippen molar-refractivity contribution in [2.24, 2.45) is 0 Å². The van der Waals surface area contributed by atoms with Crippen LogP contribution >= 0.6 is 39.0 Å². The molecule has 0 radical (unpaired) electrons. The van der Waals surface area contributed by atoms with E-state index in [-0.39, 0.29) is 10.7 Å². The summed E-state index contributed by atoms with van der Waals surface area (Å²) in [5.41, 5.74) is -0.220. The number of rotatable bonds is 2. The molecule has 0 spiro atoms. The first kappa shape index (κ1) is 11.5. The van der Waals surface area contributed by atoms with E-state index in [0.29, 0.717) is 0 Å². The van der Waals surface area contributed by atoms with Gasteiger partial charge in [0.05, 0.1) is 0 Å². The van der Waals surface area contributed by atoms with Gasteiger partial charge in [0.25, 0.3) is 0 Å². The Bertz CT molecular complexity index is 416. The Labute approximate surface area is 105 Å². The normalized spacial score (nSPS) is 29.1. The highest BCUT2D eigenvalue weighted by Crippen LogP contribution is 2.56. The molecule has 2 unspecified atom stereocenters. The van der Waals surface area contributed by atoms with Crippen molar-refractivity contribution < 1.29 is 9.90 Å². The SMILES string of the molecule is CCC1(C)c2scc(Br)c2SC1C(=O)O. The lowest BCUT2D eigenvalue weighted by Gasteiger charge is -2.26. The maximum absolute atomic E-state index is 11.2. The molecule has 0 saturated heterocycles. The third-order valence-corrected chi connectivity index (χ3v) is 7.19. The largest absolute Gasteiger partial charge is 0.480 e. The van der Waals surface area contributed by atoms with Gasteiger partial charge in [0, 0.05) is 25.0 Å². The van der Waals surface area contributed by atoms with Gasteiger partial charge in [-0.2, -0.15) is 0 Å². The smallest absolute Gasteiger partial charge is 0.317 e. The average molecular weight is 307 g/mol. The van der Waals surface area contributed by atoms with E-state index in [1.54, 1.807) is 11.3 Å². The van der Waals surface area contributed by atoms with Crippen LogP contribution in [0.2, 0.25) is 0 Å². The highest BCUT2D eigenvalue weighted by molar-refractivity contribution is 9.10. The van der Waals surface area contributed by atoms with Crippen molar-refractivity contribution in [2.75, 3.05) is 0 Å². The number of thioether (sulfide) groups is 1. The molecule has 2 atom stereocenters. The van der Waals surface area contributed by atoms with Gasteiger partial charge in [-0.25, -0.2) is 0 Å². The number of carbonyl (C=O) groups is 1. The van der Waals surface area contributed by atoms with Gasteiger partial charge in [-0.3, -0.25) is 4.79 Å². The Balaban J connectivity index is 2.52. The zero-order chi connectivity index (χ0) is 11.2. The summed E-state index contributed by atoms with van der Waals surface area (Å²) in [4.78, 5) is 13.6. The summed E-state index contributed by atoms with van der Waals surface area (Å²) in [5.74, 6) is -0.709. The third kappa shape index (κ3) is 1.56. The van der Waals surface area contributed by atoms with Crippen molar-refractivity contribution in [3.05, 3.63) is 14.7 Å². The fourth-order valence-corrected chi connectivity index (χ4v) is 5.67. The Morgan fingerprint density at radius 2 is 2.40 bits per heavy atom. The zero-order valence-electron chi connectivity index (χ0n) is 8.41. The number of halogens is 1. The molecular formula is C10H11BrO2S2. The van der Waals surface area contributed by atoms with E-state index in [9.17, 15) is 9.90 Å². The molecule has 15 heavy (non-hydrogen) atoms. The Kier molecular flexibility index (Phi) is 2.90. The van der Waals surface area contributed by atoms with Gasteiger partial charge in [0.1, 0.15) is 5.25 Å². The van der Waals surface area contributed by atoms with Crippen molar-refractivity contribution in [1.29, 1.82) is 0 Å². The van der Waals surface area contributed by atoms with Crippen molar-refractivity contribution in [3.63, 3.8) is 0 Å². The average Bonchev–Trinajstić information content (AvgIpc) is 2.68. The number of carboxylic acid groups (broad SMARTS) is 1. The first-order valence-corrected chi connectivity index (χ1v) is 7.23. The van der Waals surface area contributed by atoms with Crippen molar-refractivity contribution >= 4 is 45.0 Å². The summed E-state index contributed by atoms with van der Waals surface area (Å²) in [5, 5.41) is 10.9. The molecule has 0 bridgehead atoms. The van der Waals surface area contributed by atoms with Gasteiger partial charge in [-0.1, -0.05) is 13.8 Å². The number of carboxylic acids is 1. The van der Waals surface area contributed by atoms with Crippen LogP contribution < -0.4 is 0 Å².